The second-order valence-electron chi connectivity index (χ2n) is 12.3. The lowest BCUT2D eigenvalue weighted by Crippen LogP contribution is -2.54. The molecular weight excluding hydrogens is 356 g/mol. The molecular formula is C27H46O2. The number of hydrogen-bond donors (Lipinski definition) is 2. The highest BCUT2D eigenvalue weighted by Crippen LogP contribution is 2.67. The largest absolute Gasteiger partial charge is 0.393 e. The lowest BCUT2D eigenvalue weighted by molar-refractivity contribution is -0.0970. The van der Waals surface area contributed by atoms with Crippen LogP contribution in [0.4, 0.5) is 0 Å². The predicted octanol–water partition coefficient (Wildman–Crippen LogP) is 6.36. The molecule has 2 heteroatoms. The minimum Gasteiger partial charge on any atom is -0.393 e. The van der Waals surface area contributed by atoms with Crippen molar-refractivity contribution < 1.29 is 10.2 Å². The Labute approximate surface area is 179 Å². The maximum absolute atomic E-state index is 11.3. The molecule has 0 aliphatic heterocycles. The Kier molecular flexibility index (Phi) is 6.01. The van der Waals surface area contributed by atoms with Gasteiger partial charge in [-0.05, 0) is 91.3 Å². The van der Waals surface area contributed by atoms with Gasteiger partial charge in [-0.15, -0.1) is 0 Å². The van der Waals surface area contributed by atoms with Gasteiger partial charge in [0.25, 0.3) is 0 Å². The molecule has 4 rings (SSSR count). The van der Waals surface area contributed by atoms with Gasteiger partial charge >= 0.3 is 0 Å². The zero-order chi connectivity index (χ0) is 21.0. The minimum atomic E-state index is -0.298. The molecule has 0 saturated heterocycles. The van der Waals surface area contributed by atoms with Crippen LogP contribution < -0.4 is 0 Å². The second kappa shape index (κ2) is 7.97. The Balaban J connectivity index is 1.54. The van der Waals surface area contributed by atoms with Gasteiger partial charge in [-0.1, -0.05) is 65.5 Å². The van der Waals surface area contributed by atoms with E-state index in [2.05, 4.69) is 40.7 Å². The molecule has 29 heavy (non-hydrogen) atoms. The first-order valence-electron chi connectivity index (χ1n) is 12.7. The molecule has 4 aliphatic carbocycles. The molecule has 0 aromatic carbocycles. The summed E-state index contributed by atoms with van der Waals surface area (Å²) in [5, 5.41) is 21.5. The molecule has 3 unspecified atom stereocenters. The van der Waals surface area contributed by atoms with E-state index in [4.69, 9.17) is 0 Å². The van der Waals surface area contributed by atoms with Crippen molar-refractivity contribution in [3.63, 3.8) is 0 Å². The highest BCUT2D eigenvalue weighted by Gasteiger charge is 2.61. The number of rotatable bonds is 5. The zero-order valence-corrected chi connectivity index (χ0v) is 19.7. The van der Waals surface area contributed by atoms with E-state index in [-0.39, 0.29) is 17.6 Å². The Hall–Kier alpha value is -0.340. The van der Waals surface area contributed by atoms with Crippen molar-refractivity contribution in [1.29, 1.82) is 0 Å². The van der Waals surface area contributed by atoms with E-state index in [1.54, 1.807) is 0 Å². The van der Waals surface area contributed by atoms with Crippen LogP contribution in [0.3, 0.4) is 0 Å². The molecule has 2 nitrogen and oxygen atoms in total. The summed E-state index contributed by atoms with van der Waals surface area (Å²) in [4.78, 5) is 0. The van der Waals surface area contributed by atoms with Crippen molar-refractivity contribution in [2.45, 2.75) is 111 Å². The summed E-state index contributed by atoms with van der Waals surface area (Å²) in [5.41, 5.74) is 1.99. The van der Waals surface area contributed by atoms with Crippen LogP contribution in [0.2, 0.25) is 0 Å². The first-order chi connectivity index (χ1) is 13.7. The fourth-order valence-electron chi connectivity index (χ4n) is 8.65. The zero-order valence-electron chi connectivity index (χ0n) is 19.7. The van der Waals surface area contributed by atoms with Crippen LogP contribution >= 0.6 is 0 Å². The van der Waals surface area contributed by atoms with Crippen molar-refractivity contribution in [3.05, 3.63) is 11.6 Å². The molecule has 2 N–H and O–H groups in total. The van der Waals surface area contributed by atoms with Crippen molar-refractivity contribution in [1.82, 2.24) is 0 Å². The second-order valence-corrected chi connectivity index (χ2v) is 12.3. The molecule has 0 aromatic heterocycles. The van der Waals surface area contributed by atoms with E-state index >= 15 is 0 Å². The minimum absolute atomic E-state index is 0.200. The van der Waals surface area contributed by atoms with E-state index in [9.17, 15) is 10.2 Å². The Morgan fingerprint density at radius 3 is 2.45 bits per heavy atom. The molecule has 0 radical (unpaired) electrons. The fraction of sp³-hybridized carbons (Fsp3) is 0.926. The topological polar surface area (TPSA) is 40.5 Å². The smallest absolute Gasteiger partial charge is 0.0757 e. The molecule has 0 heterocycles. The first-order valence-corrected chi connectivity index (χ1v) is 12.7. The van der Waals surface area contributed by atoms with Gasteiger partial charge in [0.2, 0.25) is 0 Å². The van der Waals surface area contributed by atoms with Crippen LogP contribution in [-0.4, -0.2) is 22.4 Å². The first kappa shape index (κ1) is 21.9. The summed E-state index contributed by atoms with van der Waals surface area (Å²) in [6, 6.07) is 0. The monoisotopic (exact) mass is 402 g/mol. The average Bonchev–Trinajstić information content (AvgIpc) is 3.00. The highest BCUT2D eigenvalue weighted by atomic mass is 16.3. The fourth-order valence-corrected chi connectivity index (χ4v) is 8.65. The quantitative estimate of drug-likeness (QED) is 0.525. The lowest BCUT2D eigenvalue weighted by Gasteiger charge is -2.59. The van der Waals surface area contributed by atoms with Crippen LogP contribution in [0.1, 0.15) is 98.8 Å². The average molecular weight is 403 g/mol. The van der Waals surface area contributed by atoms with Crippen molar-refractivity contribution in [3.8, 4) is 0 Å². The molecule has 9 atom stereocenters. The van der Waals surface area contributed by atoms with E-state index in [1.807, 2.05) is 0 Å². The number of hydrogen-bond acceptors (Lipinski definition) is 2. The summed E-state index contributed by atoms with van der Waals surface area (Å²) in [5.74, 6) is 4.18. The van der Waals surface area contributed by atoms with Gasteiger partial charge in [0.05, 0.1) is 12.2 Å². The Morgan fingerprint density at radius 2 is 1.72 bits per heavy atom. The summed E-state index contributed by atoms with van der Waals surface area (Å²) < 4.78 is 0. The van der Waals surface area contributed by atoms with Gasteiger partial charge in [0.1, 0.15) is 0 Å². The lowest BCUT2D eigenvalue weighted by atomic mass is 9.46. The summed E-state index contributed by atoms with van der Waals surface area (Å²) in [6.45, 7) is 12.2. The predicted molar refractivity (Wildman–Crippen MR) is 120 cm³/mol. The van der Waals surface area contributed by atoms with Gasteiger partial charge in [0, 0.05) is 0 Å². The summed E-state index contributed by atoms with van der Waals surface area (Å²) in [6.07, 6.45) is 13.9. The van der Waals surface area contributed by atoms with E-state index in [0.29, 0.717) is 23.2 Å². The Bertz CT molecular complexity index is 624. The van der Waals surface area contributed by atoms with Crippen LogP contribution in [0.15, 0.2) is 11.6 Å². The van der Waals surface area contributed by atoms with Crippen molar-refractivity contribution in [2.24, 2.45) is 46.3 Å². The van der Waals surface area contributed by atoms with Gasteiger partial charge in [-0.3, -0.25) is 0 Å². The number of fused-ring (bicyclic) bond motifs is 5. The van der Waals surface area contributed by atoms with Gasteiger partial charge in [0.15, 0.2) is 0 Å². The molecule has 3 saturated carbocycles. The van der Waals surface area contributed by atoms with E-state index in [0.717, 1.165) is 37.0 Å². The summed E-state index contributed by atoms with van der Waals surface area (Å²) in [7, 11) is 0. The SMILES string of the molecule is CC(C)CCC[C@@H](C)[C@H]1CCC2C3C(CC[C@@]21C)[C@@]1(C)CC[C@H](O)CC1=C[C@@H]3O. The van der Waals surface area contributed by atoms with E-state index < -0.39 is 0 Å². The maximum Gasteiger partial charge on any atom is 0.0757 e. The van der Waals surface area contributed by atoms with Crippen LogP contribution in [0, 0.1) is 46.3 Å². The summed E-state index contributed by atoms with van der Waals surface area (Å²) >= 11 is 0. The van der Waals surface area contributed by atoms with Crippen LogP contribution in [0.5, 0.6) is 0 Å². The van der Waals surface area contributed by atoms with Crippen LogP contribution in [0.25, 0.3) is 0 Å². The third kappa shape index (κ3) is 3.65. The highest BCUT2D eigenvalue weighted by molar-refractivity contribution is 5.27. The number of aliphatic hydroxyl groups is 2. The molecule has 0 aromatic rings. The van der Waals surface area contributed by atoms with Gasteiger partial charge in [-0.25, -0.2) is 0 Å². The molecule has 4 aliphatic rings. The van der Waals surface area contributed by atoms with Gasteiger partial charge in [-0.2, -0.15) is 0 Å². The van der Waals surface area contributed by atoms with Crippen molar-refractivity contribution >= 4 is 0 Å². The molecule has 0 bridgehead atoms. The third-order valence-corrected chi connectivity index (χ3v) is 10.3. The normalized spacial score (nSPS) is 47.9. The van der Waals surface area contributed by atoms with Crippen LogP contribution in [-0.2, 0) is 0 Å². The number of aliphatic hydroxyl groups excluding tert-OH is 2. The maximum atomic E-state index is 11.3. The van der Waals surface area contributed by atoms with Gasteiger partial charge < -0.3 is 10.2 Å². The molecule has 3 fully saturated rings. The molecule has 166 valence electrons. The van der Waals surface area contributed by atoms with Crippen molar-refractivity contribution in [2.75, 3.05) is 0 Å². The molecule has 0 spiro atoms. The standard InChI is InChI=1S/C27H46O2/c1-17(2)7-6-8-18(3)21-9-10-22-25-23(12-14-27(21,22)5)26(4)13-11-20(28)15-19(26)16-24(25)29/h16-18,20-25,28-29H,6-15H2,1-5H3/t18-,20+,21-,22?,23?,24+,25?,26+,27-/m1/s1. The Morgan fingerprint density at radius 1 is 0.966 bits per heavy atom. The third-order valence-electron chi connectivity index (χ3n) is 10.3. The van der Waals surface area contributed by atoms with E-state index in [1.165, 1.54) is 50.5 Å². The molecule has 0 amide bonds.